The number of nitrogens with zero attached hydrogens (tertiary/aromatic N) is 2. The number of likely N-dealkylation sites (tertiary alicyclic amines) is 2. The number of hydrogen-bond donors (Lipinski definition) is 0. The van der Waals surface area contributed by atoms with E-state index in [-0.39, 0.29) is 29.8 Å². The summed E-state index contributed by atoms with van der Waals surface area (Å²) in [5, 5.41) is 0. The Morgan fingerprint density at radius 3 is 2.70 bits per heavy atom. The molecule has 2 saturated heterocycles. The third-order valence-electron chi connectivity index (χ3n) is 8.32. The lowest BCUT2D eigenvalue weighted by Crippen LogP contribution is -2.53. The van der Waals surface area contributed by atoms with Crippen LogP contribution in [0.25, 0.3) is 0 Å². The van der Waals surface area contributed by atoms with Crippen LogP contribution in [-0.4, -0.2) is 40.7 Å². The van der Waals surface area contributed by atoms with Crippen LogP contribution < -0.4 is 0 Å². The van der Waals surface area contributed by atoms with Gasteiger partial charge in [-0.05, 0) is 58.4 Å². The Bertz CT molecular complexity index is 1160. The van der Waals surface area contributed by atoms with Crippen LogP contribution in [0.2, 0.25) is 0 Å². The van der Waals surface area contributed by atoms with Crippen molar-refractivity contribution >= 4 is 11.8 Å². The highest BCUT2D eigenvalue weighted by Crippen LogP contribution is 2.67. The maximum absolute atomic E-state index is 14.3. The van der Waals surface area contributed by atoms with Crippen molar-refractivity contribution in [1.29, 1.82) is 0 Å². The lowest BCUT2D eigenvalue weighted by atomic mass is 9.67. The molecule has 3 heterocycles. The van der Waals surface area contributed by atoms with Crippen LogP contribution in [0.1, 0.15) is 101 Å². The number of rotatable bonds is 11. The van der Waals surface area contributed by atoms with Gasteiger partial charge in [-0.15, -0.1) is 36.8 Å². The van der Waals surface area contributed by atoms with E-state index in [2.05, 4.69) is 42.9 Å². The molecule has 0 bridgehead atoms. The molecule has 2 amide bonds. The van der Waals surface area contributed by atoms with Crippen LogP contribution in [0.3, 0.4) is 0 Å². The standard InChI is InChI=1S/C32H40N2O3/c1-5-9-12-13-16-20-33-21-19-27-26-22-25(17-14-10-6-2)37-29(26)30-32(27,31(33)36)23-24(8-4)34(30)28(35)18-15-11-7-3/h7-8,22,24,27,30H,3-4,11-21,23H2,1-2H3/t24-,27-,30-,32-/m0/s1. The smallest absolute Gasteiger partial charge is 0.232 e. The highest BCUT2D eigenvalue weighted by atomic mass is 16.3. The first kappa shape index (κ1) is 26.9. The zero-order chi connectivity index (χ0) is 26.4. The first-order valence-electron chi connectivity index (χ1n) is 13.8. The molecular formula is C32H40N2O3. The molecule has 1 aromatic heterocycles. The third-order valence-corrected chi connectivity index (χ3v) is 8.32. The van der Waals surface area contributed by atoms with Crippen molar-refractivity contribution in [2.45, 2.75) is 96.1 Å². The van der Waals surface area contributed by atoms with Crippen molar-refractivity contribution in [3.63, 3.8) is 0 Å². The molecule has 1 spiro atoms. The maximum Gasteiger partial charge on any atom is 0.232 e. The van der Waals surface area contributed by atoms with Crippen molar-refractivity contribution in [3.05, 3.63) is 48.5 Å². The van der Waals surface area contributed by atoms with Crippen LogP contribution in [0.4, 0.5) is 0 Å². The zero-order valence-electron chi connectivity index (χ0n) is 22.5. The van der Waals surface area contributed by atoms with E-state index in [0.717, 1.165) is 81.5 Å². The molecule has 1 aliphatic carbocycles. The van der Waals surface area contributed by atoms with Gasteiger partial charge < -0.3 is 14.2 Å². The summed E-state index contributed by atoms with van der Waals surface area (Å²) in [7, 11) is 0. The number of allylic oxidation sites excluding steroid dienone is 1. The van der Waals surface area contributed by atoms with E-state index in [9.17, 15) is 9.59 Å². The number of aryl methyl sites for hydroxylation is 1. The number of carbonyl (C=O) groups excluding carboxylic acids is 2. The molecule has 37 heavy (non-hydrogen) atoms. The van der Waals surface area contributed by atoms with Crippen LogP contribution in [0.5, 0.6) is 0 Å². The molecule has 0 radical (unpaired) electrons. The van der Waals surface area contributed by atoms with Gasteiger partial charge in [-0.1, -0.05) is 12.2 Å². The summed E-state index contributed by atoms with van der Waals surface area (Å²) in [6.45, 7) is 13.0. The Hall–Kier alpha value is -3.18. The van der Waals surface area contributed by atoms with Crippen LogP contribution in [0, 0.1) is 29.1 Å². The fourth-order valence-corrected chi connectivity index (χ4v) is 6.71. The van der Waals surface area contributed by atoms with E-state index in [0.29, 0.717) is 12.8 Å². The largest absolute Gasteiger partial charge is 0.463 e. The first-order valence-corrected chi connectivity index (χ1v) is 13.8. The number of piperidine rings is 1. The molecule has 3 aliphatic rings. The second-order valence-corrected chi connectivity index (χ2v) is 10.4. The van der Waals surface area contributed by atoms with Crippen molar-refractivity contribution in [2.75, 3.05) is 13.1 Å². The van der Waals surface area contributed by atoms with Crippen LogP contribution in [0.15, 0.2) is 35.8 Å². The number of hydrogen-bond acceptors (Lipinski definition) is 3. The number of furan rings is 1. The van der Waals surface area contributed by atoms with Gasteiger partial charge >= 0.3 is 0 Å². The van der Waals surface area contributed by atoms with Gasteiger partial charge in [0.05, 0.1) is 11.5 Å². The highest BCUT2D eigenvalue weighted by Gasteiger charge is 2.69. The fourth-order valence-electron chi connectivity index (χ4n) is 6.71. The molecule has 0 unspecified atom stereocenters. The van der Waals surface area contributed by atoms with E-state index in [1.54, 1.807) is 0 Å². The summed E-state index contributed by atoms with van der Waals surface area (Å²) < 4.78 is 6.48. The first-order chi connectivity index (χ1) is 18.0. The summed E-state index contributed by atoms with van der Waals surface area (Å²) in [6.07, 6.45) is 11.4. The normalized spacial score (nSPS) is 25.4. The predicted molar refractivity (Wildman–Crippen MR) is 146 cm³/mol. The minimum atomic E-state index is -0.676. The molecule has 4 atom stereocenters. The summed E-state index contributed by atoms with van der Waals surface area (Å²) in [6, 6.07) is 1.59. The van der Waals surface area contributed by atoms with E-state index in [1.165, 1.54) is 0 Å². The van der Waals surface area contributed by atoms with Gasteiger partial charge in [0.2, 0.25) is 11.8 Å². The Morgan fingerprint density at radius 2 is 1.97 bits per heavy atom. The second kappa shape index (κ2) is 11.9. The van der Waals surface area contributed by atoms with Crippen molar-refractivity contribution in [1.82, 2.24) is 9.80 Å². The molecular weight excluding hydrogens is 460 g/mol. The van der Waals surface area contributed by atoms with Gasteiger partial charge in [-0.25, -0.2) is 0 Å². The van der Waals surface area contributed by atoms with Gasteiger partial charge in [0.25, 0.3) is 0 Å². The topological polar surface area (TPSA) is 53.8 Å². The summed E-state index contributed by atoms with van der Waals surface area (Å²) in [4.78, 5) is 31.9. The van der Waals surface area contributed by atoms with Crippen molar-refractivity contribution in [2.24, 2.45) is 5.41 Å². The number of amides is 2. The minimum absolute atomic E-state index is 0.0605. The minimum Gasteiger partial charge on any atom is -0.463 e. The molecule has 0 aromatic carbocycles. The number of unbranched alkanes of at least 4 members (excludes halogenated alkanes) is 3. The third kappa shape index (κ3) is 4.89. The molecule has 5 heteroatoms. The Kier molecular flexibility index (Phi) is 8.65. The van der Waals surface area contributed by atoms with Crippen molar-refractivity contribution < 1.29 is 14.0 Å². The molecule has 0 saturated carbocycles. The SMILES string of the molecule is C=CCCCC(=O)N1[C@H]2c3oc(CCC#CC)cc3[C@@H]3CCN(CCCCC#CC)C(=O)[C@]23C[C@@H]1C=C. The van der Waals surface area contributed by atoms with Crippen molar-refractivity contribution in [3.8, 4) is 23.7 Å². The Labute approximate surface area is 222 Å². The number of carbonyl (C=O) groups is 2. The monoisotopic (exact) mass is 500 g/mol. The average Bonchev–Trinajstić information content (AvgIpc) is 3.52. The quantitative estimate of drug-likeness (QED) is 0.215. The molecule has 2 aliphatic heterocycles. The molecule has 0 N–H and O–H groups in total. The van der Waals surface area contributed by atoms with Gasteiger partial charge in [-0.2, -0.15) is 0 Å². The zero-order valence-corrected chi connectivity index (χ0v) is 22.5. The summed E-state index contributed by atoms with van der Waals surface area (Å²) in [5.41, 5.74) is 0.451. The van der Waals surface area contributed by atoms with Gasteiger partial charge in [-0.3, -0.25) is 9.59 Å². The Balaban J connectivity index is 1.67. The average molecular weight is 501 g/mol. The van der Waals surface area contributed by atoms with E-state index < -0.39 is 5.41 Å². The molecule has 4 rings (SSSR count). The molecule has 1 aromatic rings. The molecule has 196 valence electrons. The molecule has 5 nitrogen and oxygen atoms in total. The molecule has 2 fully saturated rings. The van der Waals surface area contributed by atoms with Gasteiger partial charge in [0.15, 0.2) is 0 Å². The summed E-state index contributed by atoms with van der Waals surface area (Å²) >= 11 is 0. The maximum atomic E-state index is 14.3. The predicted octanol–water partition coefficient (Wildman–Crippen LogP) is 5.93. The van der Waals surface area contributed by atoms with E-state index in [1.807, 2.05) is 35.8 Å². The second-order valence-electron chi connectivity index (χ2n) is 10.4. The van der Waals surface area contributed by atoms with Gasteiger partial charge in [0, 0.05) is 50.3 Å². The fraction of sp³-hybridized carbons (Fsp3) is 0.562. The Morgan fingerprint density at radius 1 is 1.19 bits per heavy atom. The van der Waals surface area contributed by atoms with E-state index in [4.69, 9.17) is 4.42 Å². The summed E-state index contributed by atoms with van der Waals surface area (Å²) in [5.74, 6) is 14.1. The lowest BCUT2D eigenvalue weighted by Gasteiger charge is -2.44. The van der Waals surface area contributed by atoms with Gasteiger partial charge in [0.1, 0.15) is 17.6 Å². The van der Waals surface area contributed by atoms with Crippen LogP contribution >= 0.6 is 0 Å². The lowest BCUT2D eigenvalue weighted by molar-refractivity contribution is -0.151. The van der Waals surface area contributed by atoms with Crippen LogP contribution in [-0.2, 0) is 16.0 Å². The number of fused-ring (bicyclic) bond motifs is 3. The highest BCUT2D eigenvalue weighted by molar-refractivity contribution is 5.90. The van der Waals surface area contributed by atoms with E-state index >= 15 is 0 Å².